The number of para-hydroxylation sites is 2. The molecule has 9 heteroatoms. The fourth-order valence-electron chi connectivity index (χ4n) is 3.84. The fraction of sp³-hybridized carbons (Fsp3) is 0.280. The number of carbonyl (C=O) groups is 1. The van der Waals surface area contributed by atoms with Gasteiger partial charge in [-0.3, -0.25) is 4.79 Å². The third-order valence-corrected chi connectivity index (χ3v) is 7.65. The first kappa shape index (κ1) is 25.2. The standard InChI is InChI=1S/C25H30N4O4S/c1-6-28(7-2)34(31,32)22-12-10-11-20(16-22)25(30)27-26-17-21-15-18(3)29(19(21)4)23-13-8-9-14-24(23)33-5/h8-17H,6-7H2,1-5H3,(H,27,30). The minimum atomic E-state index is -3.66. The van der Waals surface area contributed by atoms with Crippen LogP contribution < -0.4 is 10.2 Å². The van der Waals surface area contributed by atoms with Crippen molar-refractivity contribution in [1.29, 1.82) is 0 Å². The molecule has 34 heavy (non-hydrogen) atoms. The maximum Gasteiger partial charge on any atom is 0.271 e. The highest BCUT2D eigenvalue weighted by molar-refractivity contribution is 7.89. The van der Waals surface area contributed by atoms with E-state index in [-0.39, 0.29) is 10.5 Å². The molecule has 0 radical (unpaired) electrons. The monoisotopic (exact) mass is 482 g/mol. The highest BCUT2D eigenvalue weighted by Crippen LogP contribution is 2.27. The molecule has 0 aliphatic rings. The van der Waals surface area contributed by atoms with Crippen molar-refractivity contribution >= 4 is 22.1 Å². The van der Waals surface area contributed by atoms with Crippen LogP contribution in [0.4, 0.5) is 0 Å². The molecule has 180 valence electrons. The van der Waals surface area contributed by atoms with Gasteiger partial charge in [0.25, 0.3) is 5.91 Å². The first-order valence-electron chi connectivity index (χ1n) is 11.0. The van der Waals surface area contributed by atoms with Gasteiger partial charge in [-0.05, 0) is 50.2 Å². The molecule has 0 aliphatic carbocycles. The number of nitrogens with one attached hydrogen (secondary N) is 1. The van der Waals surface area contributed by atoms with Crippen LogP contribution in [0.3, 0.4) is 0 Å². The van der Waals surface area contributed by atoms with E-state index in [9.17, 15) is 13.2 Å². The fourth-order valence-corrected chi connectivity index (χ4v) is 5.34. The molecular formula is C25H30N4O4S. The van der Waals surface area contributed by atoms with Crippen molar-refractivity contribution in [2.24, 2.45) is 5.10 Å². The van der Waals surface area contributed by atoms with Crippen molar-refractivity contribution in [3.63, 3.8) is 0 Å². The summed E-state index contributed by atoms with van der Waals surface area (Å²) in [5, 5.41) is 4.10. The molecule has 3 aromatic rings. The summed E-state index contributed by atoms with van der Waals surface area (Å²) in [5.74, 6) is 0.257. The number of aromatic nitrogens is 1. The van der Waals surface area contributed by atoms with Gasteiger partial charge in [-0.25, -0.2) is 13.8 Å². The second-order valence-corrected chi connectivity index (χ2v) is 9.59. The maximum atomic E-state index is 12.8. The molecule has 1 N–H and O–H groups in total. The first-order chi connectivity index (χ1) is 16.2. The van der Waals surface area contributed by atoms with E-state index in [1.54, 1.807) is 39.3 Å². The van der Waals surface area contributed by atoms with E-state index < -0.39 is 15.9 Å². The second-order valence-electron chi connectivity index (χ2n) is 7.65. The van der Waals surface area contributed by atoms with Crippen LogP contribution in [0.5, 0.6) is 5.75 Å². The number of hydrazone groups is 1. The number of amides is 1. The van der Waals surface area contributed by atoms with E-state index in [4.69, 9.17) is 4.74 Å². The predicted molar refractivity (Wildman–Crippen MR) is 133 cm³/mol. The summed E-state index contributed by atoms with van der Waals surface area (Å²) in [6.07, 6.45) is 1.57. The Kier molecular flexibility index (Phi) is 7.90. The number of hydrogen-bond donors (Lipinski definition) is 1. The maximum absolute atomic E-state index is 12.8. The van der Waals surface area contributed by atoms with Crippen LogP contribution in [0, 0.1) is 13.8 Å². The van der Waals surface area contributed by atoms with Gasteiger partial charge in [-0.1, -0.05) is 32.0 Å². The molecule has 0 spiro atoms. The predicted octanol–water partition coefficient (Wildman–Crippen LogP) is 3.90. The number of sulfonamides is 1. The molecule has 0 bridgehead atoms. The van der Waals surface area contributed by atoms with Crippen molar-refractivity contribution in [2.45, 2.75) is 32.6 Å². The van der Waals surface area contributed by atoms with Crippen molar-refractivity contribution in [3.05, 3.63) is 77.1 Å². The van der Waals surface area contributed by atoms with Crippen molar-refractivity contribution in [3.8, 4) is 11.4 Å². The SMILES string of the molecule is CCN(CC)S(=O)(=O)c1cccc(C(=O)NN=Cc2cc(C)n(-c3ccccc3OC)c2C)c1. The Labute approximate surface area is 200 Å². The lowest BCUT2D eigenvalue weighted by molar-refractivity contribution is 0.0955. The highest BCUT2D eigenvalue weighted by Gasteiger charge is 2.22. The minimum Gasteiger partial charge on any atom is -0.495 e. The zero-order valence-electron chi connectivity index (χ0n) is 20.1. The summed E-state index contributed by atoms with van der Waals surface area (Å²) in [4.78, 5) is 12.7. The lowest BCUT2D eigenvalue weighted by atomic mass is 10.2. The summed E-state index contributed by atoms with van der Waals surface area (Å²) in [6, 6.07) is 15.7. The van der Waals surface area contributed by atoms with E-state index in [2.05, 4.69) is 15.1 Å². The van der Waals surface area contributed by atoms with Gasteiger partial charge in [0.15, 0.2) is 0 Å². The van der Waals surface area contributed by atoms with E-state index >= 15 is 0 Å². The Morgan fingerprint density at radius 1 is 1.09 bits per heavy atom. The van der Waals surface area contributed by atoms with Gasteiger partial charge in [0, 0.05) is 35.6 Å². The number of ether oxygens (including phenoxy) is 1. The van der Waals surface area contributed by atoms with Gasteiger partial charge in [-0.15, -0.1) is 0 Å². The number of hydrogen-bond acceptors (Lipinski definition) is 5. The lowest BCUT2D eigenvalue weighted by Gasteiger charge is -2.18. The number of aryl methyl sites for hydroxylation is 1. The number of methoxy groups -OCH3 is 1. The van der Waals surface area contributed by atoms with Gasteiger partial charge in [-0.2, -0.15) is 9.41 Å². The van der Waals surface area contributed by atoms with E-state index in [0.717, 1.165) is 28.4 Å². The summed E-state index contributed by atoms with van der Waals surface area (Å²) in [6.45, 7) is 8.20. The van der Waals surface area contributed by atoms with Crippen LogP contribution in [-0.2, 0) is 10.0 Å². The number of carbonyl (C=O) groups excluding carboxylic acids is 1. The van der Waals surface area contributed by atoms with Crippen LogP contribution in [0.25, 0.3) is 5.69 Å². The third kappa shape index (κ3) is 5.05. The van der Waals surface area contributed by atoms with Gasteiger partial charge in [0.2, 0.25) is 10.0 Å². The molecule has 0 unspecified atom stereocenters. The molecule has 0 fully saturated rings. The summed E-state index contributed by atoms with van der Waals surface area (Å²) in [7, 11) is -2.03. The number of rotatable bonds is 9. The molecule has 8 nitrogen and oxygen atoms in total. The Balaban J connectivity index is 1.80. The molecule has 0 atom stereocenters. The minimum absolute atomic E-state index is 0.0770. The lowest BCUT2D eigenvalue weighted by Crippen LogP contribution is -2.30. The van der Waals surface area contributed by atoms with Crippen LogP contribution in [0.1, 0.15) is 41.2 Å². The largest absolute Gasteiger partial charge is 0.495 e. The molecule has 1 heterocycles. The Hall–Kier alpha value is -3.43. The van der Waals surface area contributed by atoms with Gasteiger partial charge in [0.1, 0.15) is 5.75 Å². The molecule has 0 saturated carbocycles. The van der Waals surface area contributed by atoms with Crippen LogP contribution >= 0.6 is 0 Å². The zero-order valence-corrected chi connectivity index (χ0v) is 20.9. The van der Waals surface area contributed by atoms with E-state index in [0.29, 0.717) is 13.1 Å². The molecule has 1 amide bonds. The van der Waals surface area contributed by atoms with Crippen molar-refractivity contribution in [2.75, 3.05) is 20.2 Å². The third-order valence-electron chi connectivity index (χ3n) is 5.61. The summed E-state index contributed by atoms with van der Waals surface area (Å²) in [5.41, 5.74) is 6.38. The molecular weight excluding hydrogens is 452 g/mol. The van der Waals surface area contributed by atoms with Crippen LogP contribution in [0.15, 0.2) is 64.6 Å². The van der Waals surface area contributed by atoms with Crippen LogP contribution in [0.2, 0.25) is 0 Å². The Bertz CT molecular complexity index is 1310. The van der Waals surface area contributed by atoms with Crippen LogP contribution in [-0.4, -0.2) is 49.6 Å². The average Bonchev–Trinajstić information content (AvgIpc) is 3.12. The number of nitrogens with zero attached hydrogens (tertiary/aromatic N) is 3. The molecule has 0 aliphatic heterocycles. The summed E-state index contributed by atoms with van der Waals surface area (Å²) < 4.78 is 34.4. The topological polar surface area (TPSA) is 93.0 Å². The van der Waals surface area contributed by atoms with Gasteiger partial charge < -0.3 is 9.30 Å². The van der Waals surface area contributed by atoms with Crippen molar-refractivity contribution in [1.82, 2.24) is 14.3 Å². The van der Waals surface area contributed by atoms with E-state index in [1.807, 2.05) is 44.2 Å². The molecule has 1 aromatic heterocycles. The van der Waals surface area contributed by atoms with E-state index in [1.165, 1.54) is 16.4 Å². The Morgan fingerprint density at radius 2 is 1.79 bits per heavy atom. The molecule has 2 aromatic carbocycles. The normalized spacial score (nSPS) is 11.8. The second kappa shape index (κ2) is 10.7. The Morgan fingerprint density at radius 3 is 2.47 bits per heavy atom. The molecule has 3 rings (SSSR count). The zero-order chi connectivity index (χ0) is 24.9. The van der Waals surface area contributed by atoms with Gasteiger partial charge in [0.05, 0.1) is 23.9 Å². The highest BCUT2D eigenvalue weighted by atomic mass is 32.2. The molecule has 0 saturated heterocycles. The summed E-state index contributed by atoms with van der Waals surface area (Å²) >= 11 is 0. The van der Waals surface area contributed by atoms with Gasteiger partial charge >= 0.3 is 0 Å². The first-order valence-corrected chi connectivity index (χ1v) is 12.4. The smallest absolute Gasteiger partial charge is 0.271 e. The van der Waals surface area contributed by atoms with Crippen molar-refractivity contribution < 1.29 is 17.9 Å². The number of benzene rings is 2. The average molecular weight is 483 g/mol. The quantitative estimate of drug-likeness (QED) is 0.370.